The van der Waals surface area contributed by atoms with Crippen molar-refractivity contribution in [1.29, 1.82) is 0 Å². The topological polar surface area (TPSA) is 42.0 Å². The molecule has 1 aliphatic heterocycles. The van der Waals surface area contributed by atoms with Crippen molar-refractivity contribution in [2.24, 2.45) is 0 Å². The van der Waals surface area contributed by atoms with Gasteiger partial charge >= 0.3 is 0 Å². The van der Waals surface area contributed by atoms with E-state index in [2.05, 4.69) is 18.7 Å². The Morgan fingerprint density at radius 1 is 1.13 bits per heavy atom. The number of methoxy groups -OCH3 is 2. The predicted octanol–water partition coefficient (Wildman–Crippen LogP) is 2.19. The first-order chi connectivity index (χ1) is 11.0. The lowest BCUT2D eigenvalue weighted by atomic mass is 10.1. The van der Waals surface area contributed by atoms with Gasteiger partial charge in [-0.25, -0.2) is 0 Å². The normalized spacial score (nSPS) is 15.8. The van der Waals surface area contributed by atoms with Crippen LogP contribution in [0, 0.1) is 0 Å². The van der Waals surface area contributed by atoms with Gasteiger partial charge in [-0.1, -0.05) is 0 Å². The average molecular weight is 320 g/mol. The zero-order valence-corrected chi connectivity index (χ0v) is 14.7. The number of ether oxygens (including phenoxy) is 2. The molecule has 0 spiro atoms. The Hall–Kier alpha value is -1.75. The van der Waals surface area contributed by atoms with E-state index in [0.29, 0.717) is 18.9 Å². The second-order valence-electron chi connectivity index (χ2n) is 6.19. The lowest BCUT2D eigenvalue weighted by molar-refractivity contribution is -0.133. The molecule has 1 amide bonds. The van der Waals surface area contributed by atoms with E-state index in [9.17, 15) is 4.79 Å². The second kappa shape index (κ2) is 8.20. The third-order valence-electron chi connectivity index (χ3n) is 4.49. The molecule has 0 N–H and O–H groups in total. The van der Waals surface area contributed by atoms with Gasteiger partial charge in [-0.15, -0.1) is 0 Å². The molecule has 23 heavy (non-hydrogen) atoms. The maximum atomic E-state index is 12.4. The fourth-order valence-electron chi connectivity index (χ4n) is 2.96. The van der Waals surface area contributed by atoms with Gasteiger partial charge in [0.15, 0.2) is 0 Å². The van der Waals surface area contributed by atoms with Crippen LogP contribution in [0.5, 0.6) is 11.5 Å². The Balaban J connectivity index is 1.90. The summed E-state index contributed by atoms with van der Waals surface area (Å²) in [6, 6.07) is 6.26. The molecule has 0 aliphatic carbocycles. The van der Waals surface area contributed by atoms with Gasteiger partial charge in [-0.05, 0) is 44.0 Å². The van der Waals surface area contributed by atoms with Crippen LogP contribution in [0.1, 0.15) is 25.8 Å². The van der Waals surface area contributed by atoms with Crippen molar-refractivity contribution in [3.63, 3.8) is 0 Å². The molecule has 0 atom stereocenters. The summed E-state index contributed by atoms with van der Waals surface area (Å²) in [6.07, 6.45) is 1.18. The molecule has 1 aromatic carbocycles. The quantitative estimate of drug-likeness (QED) is 0.806. The van der Waals surface area contributed by atoms with Crippen molar-refractivity contribution in [1.82, 2.24) is 9.80 Å². The highest BCUT2D eigenvalue weighted by Gasteiger charge is 2.22. The Morgan fingerprint density at radius 2 is 1.83 bits per heavy atom. The van der Waals surface area contributed by atoms with E-state index in [-0.39, 0.29) is 5.91 Å². The lowest BCUT2D eigenvalue weighted by Gasteiger charge is -2.37. The van der Waals surface area contributed by atoms with Gasteiger partial charge in [0.05, 0.1) is 14.2 Å². The number of aryl methyl sites for hydroxylation is 1. The van der Waals surface area contributed by atoms with Crippen LogP contribution in [0.3, 0.4) is 0 Å². The monoisotopic (exact) mass is 320 g/mol. The molecule has 1 saturated heterocycles. The number of nitrogens with zero attached hydrogens (tertiary/aromatic N) is 2. The smallest absolute Gasteiger partial charge is 0.222 e. The SMILES string of the molecule is COc1ccc(OC)c(CCC(=O)N2CCN(C(C)C)CC2)c1. The minimum atomic E-state index is 0.221. The molecular weight excluding hydrogens is 292 g/mol. The minimum absolute atomic E-state index is 0.221. The average Bonchev–Trinajstić information content (AvgIpc) is 2.59. The zero-order valence-electron chi connectivity index (χ0n) is 14.7. The van der Waals surface area contributed by atoms with Crippen molar-refractivity contribution in [3.8, 4) is 11.5 Å². The van der Waals surface area contributed by atoms with Gasteiger partial charge in [-0.2, -0.15) is 0 Å². The summed E-state index contributed by atoms with van der Waals surface area (Å²) in [4.78, 5) is 16.8. The number of amides is 1. The third-order valence-corrected chi connectivity index (χ3v) is 4.49. The van der Waals surface area contributed by atoms with E-state index in [0.717, 1.165) is 43.2 Å². The molecule has 0 aromatic heterocycles. The van der Waals surface area contributed by atoms with Crippen molar-refractivity contribution in [2.75, 3.05) is 40.4 Å². The van der Waals surface area contributed by atoms with E-state index in [1.54, 1.807) is 14.2 Å². The van der Waals surface area contributed by atoms with E-state index < -0.39 is 0 Å². The molecule has 0 saturated carbocycles. The lowest BCUT2D eigenvalue weighted by Crippen LogP contribution is -2.50. The van der Waals surface area contributed by atoms with Crippen molar-refractivity contribution >= 4 is 5.91 Å². The molecule has 1 aromatic rings. The second-order valence-corrected chi connectivity index (χ2v) is 6.19. The standard InChI is InChI=1S/C18H28N2O3/c1-14(2)19-9-11-20(12-10-19)18(21)8-5-15-13-16(22-3)6-7-17(15)23-4/h6-7,13-14H,5,8-12H2,1-4H3. The number of hydrogen-bond donors (Lipinski definition) is 0. The Labute approximate surface area is 139 Å². The van der Waals surface area contributed by atoms with E-state index in [4.69, 9.17) is 9.47 Å². The largest absolute Gasteiger partial charge is 0.497 e. The number of hydrogen-bond acceptors (Lipinski definition) is 4. The van der Waals surface area contributed by atoms with Gasteiger partial charge in [0, 0.05) is 38.6 Å². The van der Waals surface area contributed by atoms with Crippen LogP contribution in [0.15, 0.2) is 18.2 Å². The fourth-order valence-corrected chi connectivity index (χ4v) is 2.96. The van der Waals surface area contributed by atoms with Crippen molar-refractivity contribution < 1.29 is 14.3 Å². The zero-order chi connectivity index (χ0) is 16.8. The number of carbonyl (C=O) groups excluding carboxylic acids is 1. The first-order valence-corrected chi connectivity index (χ1v) is 8.28. The summed E-state index contributed by atoms with van der Waals surface area (Å²) in [6.45, 7) is 7.98. The number of piperazine rings is 1. The van der Waals surface area contributed by atoms with Crippen LogP contribution in [-0.4, -0.2) is 62.1 Å². The third kappa shape index (κ3) is 4.61. The summed E-state index contributed by atoms with van der Waals surface area (Å²) >= 11 is 0. The molecule has 5 heteroatoms. The van der Waals surface area contributed by atoms with Gasteiger partial charge in [0.2, 0.25) is 5.91 Å². The van der Waals surface area contributed by atoms with E-state index in [1.807, 2.05) is 23.1 Å². The maximum Gasteiger partial charge on any atom is 0.222 e. The summed E-state index contributed by atoms with van der Waals surface area (Å²) in [7, 11) is 3.29. The van der Waals surface area contributed by atoms with Gasteiger partial charge < -0.3 is 14.4 Å². The summed E-state index contributed by atoms with van der Waals surface area (Å²) in [5.74, 6) is 1.82. The first kappa shape index (κ1) is 17.6. The molecular formula is C18H28N2O3. The van der Waals surface area contributed by atoms with E-state index in [1.165, 1.54) is 0 Å². The molecule has 5 nitrogen and oxygen atoms in total. The first-order valence-electron chi connectivity index (χ1n) is 8.28. The molecule has 0 bridgehead atoms. The minimum Gasteiger partial charge on any atom is -0.497 e. The van der Waals surface area contributed by atoms with Crippen molar-refractivity contribution in [3.05, 3.63) is 23.8 Å². The van der Waals surface area contributed by atoms with Gasteiger partial charge in [0.1, 0.15) is 11.5 Å². The Bertz CT molecular complexity index is 523. The summed E-state index contributed by atoms with van der Waals surface area (Å²) in [5, 5.41) is 0. The highest BCUT2D eigenvalue weighted by Crippen LogP contribution is 2.25. The predicted molar refractivity (Wildman–Crippen MR) is 91.2 cm³/mol. The van der Waals surface area contributed by atoms with Crippen LogP contribution < -0.4 is 9.47 Å². The summed E-state index contributed by atoms with van der Waals surface area (Å²) < 4.78 is 10.6. The number of carbonyl (C=O) groups is 1. The van der Waals surface area contributed by atoms with Crippen LogP contribution in [0.25, 0.3) is 0 Å². The highest BCUT2D eigenvalue weighted by molar-refractivity contribution is 5.76. The van der Waals surface area contributed by atoms with Crippen LogP contribution in [-0.2, 0) is 11.2 Å². The van der Waals surface area contributed by atoms with Crippen LogP contribution >= 0.6 is 0 Å². The molecule has 1 fully saturated rings. The number of benzene rings is 1. The highest BCUT2D eigenvalue weighted by atomic mass is 16.5. The molecule has 0 unspecified atom stereocenters. The maximum absolute atomic E-state index is 12.4. The van der Waals surface area contributed by atoms with Gasteiger partial charge in [0.25, 0.3) is 0 Å². The molecule has 1 aliphatic rings. The van der Waals surface area contributed by atoms with E-state index >= 15 is 0 Å². The van der Waals surface area contributed by atoms with Crippen molar-refractivity contribution in [2.45, 2.75) is 32.7 Å². The number of rotatable bonds is 6. The van der Waals surface area contributed by atoms with Gasteiger partial charge in [-0.3, -0.25) is 9.69 Å². The van der Waals surface area contributed by atoms with Crippen LogP contribution in [0.2, 0.25) is 0 Å². The molecule has 2 rings (SSSR count). The molecule has 0 radical (unpaired) electrons. The molecule has 1 heterocycles. The fraction of sp³-hybridized carbons (Fsp3) is 0.611. The summed E-state index contributed by atoms with van der Waals surface area (Å²) in [5.41, 5.74) is 1.01. The van der Waals surface area contributed by atoms with Crippen LogP contribution in [0.4, 0.5) is 0 Å². The Kier molecular flexibility index (Phi) is 6.28. The Morgan fingerprint density at radius 3 is 2.39 bits per heavy atom. The molecule has 128 valence electrons.